The second kappa shape index (κ2) is 5.59. The van der Waals surface area contributed by atoms with Gasteiger partial charge >= 0.3 is 5.97 Å². The van der Waals surface area contributed by atoms with Gasteiger partial charge in [0.15, 0.2) is 0 Å². The zero-order valence-corrected chi connectivity index (χ0v) is 12.3. The van der Waals surface area contributed by atoms with Crippen molar-refractivity contribution in [2.24, 2.45) is 0 Å². The monoisotopic (exact) mass is 340 g/mol. The molecule has 1 aromatic carbocycles. The fraction of sp³-hybridized carbons (Fsp3) is 0.0769. The Morgan fingerprint density at radius 3 is 2.79 bits per heavy atom. The second-order valence-corrected chi connectivity index (χ2v) is 5.08. The van der Waals surface area contributed by atoms with Crippen molar-refractivity contribution < 1.29 is 9.90 Å². The lowest BCUT2D eigenvalue weighted by Gasteiger charge is -2.11. The van der Waals surface area contributed by atoms with Crippen LogP contribution < -0.4 is 5.32 Å². The number of benzene rings is 1. The number of aromatic carboxylic acids is 1. The molecule has 1 heterocycles. The van der Waals surface area contributed by atoms with Crippen LogP contribution in [0, 0.1) is 6.92 Å². The predicted octanol–water partition coefficient (Wildman–Crippen LogP) is 4.25. The number of hydrogen-bond donors (Lipinski definition) is 2. The number of halogens is 2. The van der Waals surface area contributed by atoms with Crippen molar-refractivity contribution in [1.82, 2.24) is 4.98 Å². The van der Waals surface area contributed by atoms with Gasteiger partial charge in [-0.3, -0.25) is 0 Å². The Kier molecular flexibility index (Phi) is 4.07. The third-order valence-electron chi connectivity index (χ3n) is 2.54. The topological polar surface area (TPSA) is 62.2 Å². The molecule has 0 saturated heterocycles. The van der Waals surface area contributed by atoms with Crippen LogP contribution in [-0.2, 0) is 0 Å². The Morgan fingerprint density at radius 1 is 1.37 bits per heavy atom. The van der Waals surface area contributed by atoms with E-state index in [1.54, 1.807) is 0 Å². The van der Waals surface area contributed by atoms with Gasteiger partial charge in [-0.05, 0) is 46.6 Å². The Hall–Kier alpha value is -1.59. The summed E-state index contributed by atoms with van der Waals surface area (Å²) in [7, 11) is 0. The van der Waals surface area contributed by atoms with Crippen LogP contribution in [0.4, 0.5) is 11.5 Å². The maximum atomic E-state index is 11.1. The number of aryl methyl sites for hydroxylation is 1. The molecule has 98 valence electrons. The molecule has 2 rings (SSSR count). The third-order valence-corrected chi connectivity index (χ3v) is 3.80. The zero-order chi connectivity index (χ0) is 14.0. The minimum atomic E-state index is -1.06. The molecule has 4 nitrogen and oxygen atoms in total. The fourth-order valence-corrected chi connectivity index (χ4v) is 2.09. The Balaban J connectivity index is 2.45. The van der Waals surface area contributed by atoms with Crippen molar-refractivity contribution in [2.45, 2.75) is 6.92 Å². The van der Waals surface area contributed by atoms with E-state index in [-0.39, 0.29) is 16.5 Å². The summed E-state index contributed by atoms with van der Waals surface area (Å²) < 4.78 is 0.855. The Morgan fingerprint density at radius 2 is 2.11 bits per heavy atom. The molecule has 0 aliphatic carbocycles. The van der Waals surface area contributed by atoms with Gasteiger partial charge in [0.1, 0.15) is 16.5 Å². The minimum Gasteiger partial charge on any atom is -0.478 e. The van der Waals surface area contributed by atoms with E-state index in [9.17, 15) is 4.79 Å². The van der Waals surface area contributed by atoms with Crippen LogP contribution in [-0.4, -0.2) is 16.1 Å². The molecule has 0 aliphatic heterocycles. The molecule has 0 spiro atoms. The van der Waals surface area contributed by atoms with E-state index in [4.69, 9.17) is 16.7 Å². The summed E-state index contributed by atoms with van der Waals surface area (Å²) in [6.45, 7) is 1.94. The van der Waals surface area contributed by atoms with Crippen molar-refractivity contribution in [3.05, 3.63) is 51.1 Å². The molecule has 0 amide bonds. The number of aromatic nitrogens is 1. The summed E-state index contributed by atoms with van der Waals surface area (Å²) in [5, 5.41) is 12.3. The maximum absolute atomic E-state index is 11.1. The van der Waals surface area contributed by atoms with Gasteiger partial charge in [-0.15, -0.1) is 0 Å². The molecule has 0 saturated carbocycles. The van der Waals surface area contributed by atoms with Gasteiger partial charge in [0.25, 0.3) is 0 Å². The number of carboxylic acids is 1. The summed E-state index contributed by atoms with van der Waals surface area (Å²) in [4.78, 5) is 15.2. The van der Waals surface area contributed by atoms with Crippen LogP contribution >= 0.6 is 27.5 Å². The smallest absolute Gasteiger partial charge is 0.339 e. The summed E-state index contributed by atoms with van der Waals surface area (Å²) >= 11 is 9.25. The molecule has 0 aliphatic rings. The van der Waals surface area contributed by atoms with E-state index < -0.39 is 5.97 Å². The number of anilines is 2. The first-order valence-electron chi connectivity index (χ1n) is 5.41. The van der Waals surface area contributed by atoms with E-state index in [1.807, 2.05) is 25.1 Å². The molecule has 2 aromatic rings. The van der Waals surface area contributed by atoms with Crippen LogP contribution in [0.2, 0.25) is 5.15 Å². The maximum Gasteiger partial charge on any atom is 0.339 e. The van der Waals surface area contributed by atoms with Crippen molar-refractivity contribution in [2.75, 3.05) is 5.32 Å². The average Bonchev–Trinajstić information content (AvgIpc) is 2.35. The van der Waals surface area contributed by atoms with Crippen molar-refractivity contribution in [3.63, 3.8) is 0 Å². The number of carboxylic acid groups (broad SMARTS) is 1. The van der Waals surface area contributed by atoms with Crippen LogP contribution in [0.5, 0.6) is 0 Å². The average molecular weight is 342 g/mol. The molecule has 2 N–H and O–H groups in total. The third kappa shape index (κ3) is 3.05. The number of hydrogen-bond acceptors (Lipinski definition) is 3. The fourth-order valence-electron chi connectivity index (χ4n) is 1.57. The van der Waals surface area contributed by atoms with Gasteiger partial charge in [0, 0.05) is 4.47 Å². The highest BCUT2D eigenvalue weighted by Crippen LogP contribution is 2.29. The molecule has 0 fully saturated rings. The molecule has 0 unspecified atom stereocenters. The number of carbonyl (C=O) groups is 1. The summed E-state index contributed by atoms with van der Waals surface area (Å²) in [5.74, 6) is -0.846. The lowest BCUT2D eigenvalue weighted by Crippen LogP contribution is -2.05. The van der Waals surface area contributed by atoms with Gasteiger partial charge in [-0.1, -0.05) is 23.7 Å². The quantitative estimate of drug-likeness (QED) is 0.819. The number of nitrogens with one attached hydrogen (secondary N) is 1. The first kappa shape index (κ1) is 13.8. The molecule has 1 aromatic heterocycles. The van der Waals surface area contributed by atoms with E-state index in [2.05, 4.69) is 26.2 Å². The van der Waals surface area contributed by atoms with Gasteiger partial charge in [-0.25, -0.2) is 9.78 Å². The lowest BCUT2D eigenvalue weighted by molar-refractivity contribution is 0.0697. The minimum absolute atomic E-state index is 0.0674. The summed E-state index contributed by atoms with van der Waals surface area (Å²) in [5.41, 5.74) is 1.83. The van der Waals surface area contributed by atoms with Crippen molar-refractivity contribution >= 4 is 45.0 Å². The molecule has 6 heteroatoms. The van der Waals surface area contributed by atoms with Gasteiger partial charge in [0.05, 0.1) is 5.69 Å². The number of rotatable bonds is 3. The first-order chi connectivity index (χ1) is 8.99. The SMILES string of the molecule is Cc1cccc(Nc2nc(Cl)ccc2C(=O)O)c1Br. The van der Waals surface area contributed by atoms with Gasteiger partial charge < -0.3 is 10.4 Å². The Labute approximate surface area is 123 Å². The largest absolute Gasteiger partial charge is 0.478 e. The van der Waals surface area contributed by atoms with E-state index in [0.29, 0.717) is 0 Å². The Bertz CT molecular complexity index is 647. The molecule has 0 atom stereocenters. The highest BCUT2D eigenvalue weighted by Gasteiger charge is 2.13. The lowest BCUT2D eigenvalue weighted by atomic mass is 10.2. The standard InChI is InChI=1S/C13H10BrClN2O2/c1-7-3-2-4-9(11(7)14)16-12-8(13(18)19)5-6-10(15)17-12/h2-6H,1H3,(H,16,17)(H,18,19). The highest BCUT2D eigenvalue weighted by molar-refractivity contribution is 9.10. The number of pyridine rings is 1. The molecular weight excluding hydrogens is 332 g/mol. The van der Waals surface area contributed by atoms with Crippen LogP contribution in [0.1, 0.15) is 15.9 Å². The van der Waals surface area contributed by atoms with E-state index >= 15 is 0 Å². The van der Waals surface area contributed by atoms with Gasteiger partial charge in [-0.2, -0.15) is 0 Å². The molecule has 0 radical (unpaired) electrons. The molecule has 0 bridgehead atoms. The highest BCUT2D eigenvalue weighted by atomic mass is 79.9. The van der Waals surface area contributed by atoms with Crippen molar-refractivity contribution in [3.8, 4) is 0 Å². The normalized spacial score (nSPS) is 10.3. The van der Waals surface area contributed by atoms with Crippen LogP contribution in [0.25, 0.3) is 0 Å². The van der Waals surface area contributed by atoms with Crippen molar-refractivity contribution in [1.29, 1.82) is 0 Å². The summed E-state index contributed by atoms with van der Waals surface area (Å²) in [6, 6.07) is 8.50. The first-order valence-corrected chi connectivity index (χ1v) is 6.58. The number of nitrogens with zero attached hydrogens (tertiary/aromatic N) is 1. The second-order valence-electron chi connectivity index (χ2n) is 3.90. The molecular formula is C13H10BrClN2O2. The van der Waals surface area contributed by atoms with E-state index in [0.717, 1.165) is 15.7 Å². The van der Waals surface area contributed by atoms with Crippen LogP contribution in [0.3, 0.4) is 0 Å². The molecule has 19 heavy (non-hydrogen) atoms. The summed E-state index contributed by atoms with van der Waals surface area (Å²) in [6.07, 6.45) is 0. The van der Waals surface area contributed by atoms with Gasteiger partial charge in [0.2, 0.25) is 0 Å². The predicted molar refractivity (Wildman–Crippen MR) is 78.4 cm³/mol. The zero-order valence-electron chi connectivity index (χ0n) is 9.95. The van der Waals surface area contributed by atoms with E-state index in [1.165, 1.54) is 12.1 Å². The van der Waals surface area contributed by atoms with Crippen LogP contribution in [0.15, 0.2) is 34.8 Å².